The first-order valence-corrected chi connectivity index (χ1v) is 8.85. The SMILES string of the molecule is COc1cccc(Cc2cnc([C@@H]3CCN(Cc4cnccn4)C3)o2)c1. The summed E-state index contributed by atoms with van der Waals surface area (Å²) in [6, 6.07) is 8.04. The van der Waals surface area contributed by atoms with E-state index in [0.29, 0.717) is 5.92 Å². The van der Waals surface area contributed by atoms with Gasteiger partial charge in [0.1, 0.15) is 11.5 Å². The minimum Gasteiger partial charge on any atom is -0.497 e. The molecule has 0 amide bonds. The van der Waals surface area contributed by atoms with E-state index in [4.69, 9.17) is 9.15 Å². The number of oxazole rings is 1. The quantitative estimate of drug-likeness (QED) is 0.681. The Hall–Kier alpha value is -2.73. The van der Waals surface area contributed by atoms with E-state index in [2.05, 4.69) is 25.9 Å². The zero-order valence-corrected chi connectivity index (χ0v) is 14.8. The Balaban J connectivity index is 1.37. The Morgan fingerprint density at radius 3 is 3.04 bits per heavy atom. The predicted molar refractivity (Wildman–Crippen MR) is 97.0 cm³/mol. The van der Waals surface area contributed by atoms with Gasteiger partial charge < -0.3 is 9.15 Å². The molecule has 1 aliphatic heterocycles. The van der Waals surface area contributed by atoms with Crippen LogP contribution in [0.2, 0.25) is 0 Å². The fourth-order valence-electron chi connectivity index (χ4n) is 3.40. The van der Waals surface area contributed by atoms with Gasteiger partial charge in [-0.3, -0.25) is 14.9 Å². The van der Waals surface area contributed by atoms with Crippen molar-refractivity contribution in [3.8, 4) is 5.75 Å². The molecule has 6 nitrogen and oxygen atoms in total. The molecule has 1 fully saturated rings. The van der Waals surface area contributed by atoms with Crippen LogP contribution in [0.1, 0.15) is 35.2 Å². The lowest BCUT2D eigenvalue weighted by molar-refractivity contribution is 0.314. The average Bonchev–Trinajstić information content (AvgIpc) is 3.32. The molecule has 0 unspecified atom stereocenters. The number of hydrogen-bond acceptors (Lipinski definition) is 6. The molecule has 1 aliphatic rings. The van der Waals surface area contributed by atoms with Gasteiger partial charge in [-0.05, 0) is 30.7 Å². The van der Waals surface area contributed by atoms with Crippen molar-refractivity contribution in [1.82, 2.24) is 19.9 Å². The molecular formula is C20H22N4O2. The molecule has 26 heavy (non-hydrogen) atoms. The number of methoxy groups -OCH3 is 1. The van der Waals surface area contributed by atoms with E-state index in [-0.39, 0.29) is 0 Å². The molecule has 3 aromatic rings. The van der Waals surface area contributed by atoms with Gasteiger partial charge in [-0.2, -0.15) is 0 Å². The summed E-state index contributed by atoms with van der Waals surface area (Å²) >= 11 is 0. The molecule has 2 aromatic heterocycles. The molecule has 4 rings (SSSR count). The van der Waals surface area contributed by atoms with E-state index in [1.165, 1.54) is 0 Å². The molecule has 3 heterocycles. The Morgan fingerprint density at radius 2 is 2.19 bits per heavy atom. The van der Waals surface area contributed by atoms with Crippen LogP contribution in [0.15, 0.2) is 53.5 Å². The van der Waals surface area contributed by atoms with Crippen molar-refractivity contribution in [2.24, 2.45) is 0 Å². The highest BCUT2D eigenvalue weighted by molar-refractivity contribution is 5.30. The summed E-state index contributed by atoms with van der Waals surface area (Å²) < 4.78 is 11.3. The van der Waals surface area contributed by atoms with Crippen LogP contribution in [-0.4, -0.2) is 40.1 Å². The second-order valence-corrected chi connectivity index (χ2v) is 6.61. The van der Waals surface area contributed by atoms with Crippen LogP contribution in [0, 0.1) is 0 Å². The monoisotopic (exact) mass is 350 g/mol. The molecule has 0 spiro atoms. The first-order chi connectivity index (χ1) is 12.8. The van der Waals surface area contributed by atoms with Gasteiger partial charge in [0, 0.05) is 44.0 Å². The van der Waals surface area contributed by atoms with Crippen LogP contribution in [0.25, 0.3) is 0 Å². The van der Waals surface area contributed by atoms with E-state index in [9.17, 15) is 0 Å². The number of benzene rings is 1. The van der Waals surface area contributed by atoms with E-state index < -0.39 is 0 Å². The van der Waals surface area contributed by atoms with Gasteiger partial charge in [-0.1, -0.05) is 12.1 Å². The summed E-state index contributed by atoms with van der Waals surface area (Å²) in [5, 5.41) is 0. The van der Waals surface area contributed by atoms with Crippen molar-refractivity contribution in [1.29, 1.82) is 0 Å². The van der Waals surface area contributed by atoms with E-state index in [1.807, 2.05) is 30.6 Å². The summed E-state index contributed by atoms with van der Waals surface area (Å²) in [5.41, 5.74) is 2.15. The molecule has 0 saturated carbocycles. The van der Waals surface area contributed by atoms with Crippen LogP contribution in [0.3, 0.4) is 0 Å². The third-order valence-corrected chi connectivity index (χ3v) is 4.71. The number of nitrogens with zero attached hydrogens (tertiary/aromatic N) is 4. The molecule has 0 bridgehead atoms. The summed E-state index contributed by atoms with van der Waals surface area (Å²) in [6.07, 6.45) is 8.89. The van der Waals surface area contributed by atoms with Crippen molar-refractivity contribution in [2.75, 3.05) is 20.2 Å². The van der Waals surface area contributed by atoms with Crippen LogP contribution < -0.4 is 4.74 Å². The molecule has 1 saturated heterocycles. The minimum atomic E-state index is 0.339. The summed E-state index contributed by atoms with van der Waals surface area (Å²) in [4.78, 5) is 15.4. The van der Waals surface area contributed by atoms with Gasteiger partial charge in [-0.25, -0.2) is 4.98 Å². The average molecular weight is 350 g/mol. The Labute approximate surface area is 152 Å². The van der Waals surface area contributed by atoms with Crippen LogP contribution in [0.4, 0.5) is 0 Å². The lowest BCUT2D eigenvalue weighted by Gasteiger charge is -2.14. The third kappa shape index (κ3) is 3.91. The molecule has 134 valence electrons. The lowest BCUT2D eigenvalue weighted by atomic mass is 10.1. The molecule has 0 aliphatic carbocycles. The number of ether oxygens (including phenoxy) is 1. The normalized spacial score (nSPS) is 17.5. The summed E-state index contributed by atoms with van der Waals surface area (Å²) in [6.45, 7) is 2.78. The van der Waals surface area contributed by atoms with Gasteiger partial charge >= 0.3 is 0 Å². The second kappa shape index (κ2) is 7.66. The van der Waals surface area contributed by atoms with Crippen molar-refractivity contribution >= 4 is 0 Å². The maximum absolute atomic E-state index is 6.04. The smallest absolute Gasteiger partial charge is 0.198 e. The summed E-state index contributed by atoms with van der Waals surface area (Å²) in [5.74, 6) is 2.92. The minimum absolute atomic E-state index is 0.339. The highest BCUT2D eigenvalue weighted by Gasteiger charge is 2.27. The second-order valence-electron chi connectivity index (χ2n) is 6.61. The Morgan fingerprint density at radius 1 is 1.23 bits per heavy atom. The number of hydrogen-bond donors (Lipinski definition) is 0. The molecule has 1 aromatic carbocycles. The number of likely N-dealkylation sites (tertiary alicyclic amines) is 1. The fraction of sp³-hybridized carbons (Fsp3) is 0.350. The van der Waals surface area contributed by atoms with Crippen molar-refractivity contribution < 1.29 is 9.15 Å². The van der Waals surface area contributed by atoms with Gasteiger partial charge in [0.05, 0.1) is 19.0 Å². The lowest BCUT2D eigenvalue weighted by Crippen LogP contribution is -2.20. The number of rotatable bonds is 6. The Bertz CT molecular complexity index is 850. The first kappa shape index (κ1) is 16.7. The van der Waals surface area contributed by atoms with Gasteiger partial charge in [0.25, 0.3) is 0 Å². The highest BCUT2D eigenvalue weighted by Crippen LogP contribution is 2.28. The zero-order valence-electron chi connectivity index (χ0n) is 14.8. The van der Waals surface area contributed by atoms with Crippen molar-refractivity contribution in [2.45, 2.75) is 25.3 Å². The molecule has 0 N–H and O–H groups in total. The van der Waals surface area contributed by atoms with Gasteiger partial charge in [0.15, 0.2) is 5.89 Å². The van der Waals surface area contributed by atoms with E-state index in [0.717, 1.165) is 61.1 Å². The maximum Gasteiger partial charge on any atom is 0.198 e. The summed E-state index contributed by atoms with van der Waals surface area (Å²) in [7, 11) is 1.68. The third-order valence-electron chi connectivity index (χ3n) is 4.71. The van der Waals surface area contributed by atoms with E-state index >= 15 is 0 Å². The zero-order chi connectivity index (χ0) is 17.8. The van der Waals surface area contributed by atoms with Gasteiger partial charge in [0.2, 0.25) is 0 Å². The predicted octanol–water partition coefficient (Wildman–Crippen LogP) is 3.05. The molecule has 6 heteroatoms. The van der Waals surface area contributed by atoms with Crippen molar-refractivity contribution in [3.63, 3.8) is 0 Å². The number of aromatic nitrogens is 3. The molecular weight excluding hydrogens is 328 g/mol. The van der Waals surface area contributed by atoms with Gasteiger partial charge in [-0.15, -0.1) is 0 Å². The van der Waals surface area contributed by atoms with Crippen LogP contribution in [-0.2, 0) is 13.0 Å². The molecule has 0 radical (unpaired) electrons. The van der Waals surface area contributed by atoms with Crippen LogP contribution >= 0.6 is 0 Å². The first-order valence-electron chi connectivity index (χ1n) is 8.85. The van der Waals surface area contributed by atoms with Crippen molar-refractivity contribution in [3.05, 3.63) is 72.0 Å². The largest absolute Gasteiger partial charge is 0.497 e. The Kier molecular flexibility index (Phi) is 4.93. The fourth-order valence-corrected chi connectivity index (χ4v) is 3.40. The maximum atomic E-state index is 6.04. The van der Waals surface area contributed by atoms with E-state index in [1.54, 1.807) is 19.5 Å². The standard InChI is InChI=1S/C20H22N4O2/c1-25-18-4-2-3-15(9-18)10-19-12-23-20(26-19)16-5-8-24(13-16)14-17-11-21-6-7-22-17/h2-4,6-7,9,11-12,16H,5,8,10,13-14H2,1H3/t16-/m1/s1. The highest BCUT2D eigenvalue weighted by atomic mass is 16.5. The topological polar surface area (TPSA) is 64.3 Å². The molecule has 1 atom stereocenters. The van der Waals surface area contributed by atoms with Crippen LogP contribution in [0.5, 0.6) is 5.75 Å².